The Morgan fingerprint density at radius 2 is 1.63 bits per heavy atom. The zero-order valence-corrected chi connectivity index (χ0v) is 33.2. The summed E-state index contributed by atoms with van der Waals surface area (Å²) < 4.78 is 41.1. The largest absolute Gasteiger partial charge is 0.455 e. The Morgan fingerprint density at radius 1 is 0.980 bits per heavy atom. The molecule has 4 fully saturated rings. The van der Waals surface area contributed by atoms with Gasteiger partial charge in [-0.15, -0.1) is 0 Å². The van der Waals surface area contributed by atoms with Crippen LogP contribution in [0, 0.1) is 16.7 Å². The molecule has 0 aromatic heterocycles. The highest BCUT2D eigenvalue weighted by atomic mass is 28.4. The van der Waals surface area contributed by atoms with Crippen molar-refractivity contribution in [2.45, 2.75) is 167 Å². The van der Waals surface area contributed by atoms with Crippen LogP contribution in [0.4, 0.5) is 0 Å². The minimum Gasteiger partial charge on any atom is -0.455 e. The molecule has 0 unspecified atom stereocenters. The van der Waals surface area contributed by atoms with E-state index < -0.39 is 84.6 Å². The van der Waals surface area contributed by atoms with Gasteiger partial charge in [0.2, 0.25) is 0 Å². The molecular weight excluding hydrogens is 669 g/mol. The average Bonchev–Trinajstić information content (AvgIpc) is 3.40. The summed E-state index contributed by atoms with van der Waals surface area (Å²) in [6, 6.07) is 11.4. The first-order valence-corrected chi connectivity index (χ1v) is 21.7. The number of carbonyl (C=O) groups excluding carboxylic acids is 2. The molecule has 2 heterocycles. The number of aliphatic hydroxyl groups excluding tert-OH is 1. The van der Waals surface area contributed by atoms with Crippen molar-refractivity contribution in [1.82, 2.24) is 0 Å². The minimum atomic E-state index is -2.32. The van der Waals surface area contributed by atoms with Gasteiger partial charge in [0.15, 0.2) is 19.7 Å². The molecule has 1 aromatic rings. The fourth-order valence-corrected chi connectivity index (χ4v) is 13.4. The second-order valence-corrected chi connectivity index (χ2v) is 21.7. The molecule has 10 nitrogen and oxygen atoms in total. The van der Waals surface area contributed by atoms with E-state index in [2.05, 4.69) is 27.7 Å². The highest BCUT2D eigenvalue weighted by Gasteiger charge is 2.79. The van der Waals surface area contributed by atoms with Gasteiger partial charge >= 0.3 is 11.9 Å². The Balaban J connectivity index is 1.68. The summed E-state index contributed by atoms with van der Waals surface area (Å²) in [5.74, 6) is -2.93. The summed E-state index contributed by atoms with van der Waals surface area (Å²) in [5, 5.41) is 25.3. The lowest BCUT2D eigenvalue weighted by molar-refractivity contribution is -0.361. The van der Waals surface area contributed by atoms with E-state index in [-0.39, 0.29) is 25.4 Å². The molecule has 0 radical (unpaired) electrons. The number of carbonyl (C=O) groups is 2. The fraction of sp³-hybridized carbons (Fsp3) is 0.750. The number of rotatable bonds is 10. The fourth-order valence-electron chi connectivity index (χ4n) is 10.4. The quantitative estimate of drug-likeness (QED) is 0.157. The van der Waals surface area contributed by atoms with E-state index in [1.165, 1.54) is 0 Å². The van der Waals surface area contributed by atoms with Crippen molar-refractivity contribution < 1.29 is 47.9 Å². The Morgan fingerprint density at radius 3 is 2.20 bits per heavy atom. The lowest BCUT2D eigenvalue weighted by Gasteiger charge is -2.69. The Hall–Kier alpha value is -2.12. The Labute approximate surface area is 304 Å². The number of aliphatic hydroxyl groups is 2. The molecule has 2 N–H and O–H groups in total. The van der Waals surface area contributed by atoms with Gasteiger partial charge in [-0.05, 0) is 68.6 Å². The molecule has 1 aromatic carbocycles. The van der Waals surface area contributed by atoms with Gasteiger partial charge in [0, 0.05) is 30.1 Å². The van der Waals surface area contributed by atoms with Crippen LogP contribution in [-0.2, 0) is 32.9 Å². The molecule has 2 saturated carbocycles. The normalized spacial score (nSPS) is 39.4. The molecule has 51 heavy (non-hydrogen) atoms. The molecule has 0 amide bonds. The van der Waals surface area contributed by atoms with Crippen LogP contribution < -0.4 is 0 Å². The summed E-state index contributed by atoms with van der Waals surface area (Å²) in [5.41, 5.74) is -3.53. The molecule has 284 valence electrons. The molecule has 2 saturated heterocycles. The summed E-state index contributed by atoms with van der Waals surface area (Å²) in [7, 11) is -2.32. The number of hydrogen-bond acceptors (Lipinski definition) is 10. The van der Waals surface area contributed by atoms with Gasteiger partial charge in [-0.25, -0.2) is 4.79 Å². The van der Waals surface area contributed by atoms with Crippen LogP contribution in [0.25, 0.3) is 0 Å². The molecule has 0 spiro atoms. The van der Waals surface area contributed by atoms with Gasteiger partial charge < -0.3 is 38.3 Å². The SMILES string of the molecule is CCCC(=O)O[C@@]12CO[C@@H]1C[C@H](O[Si](CC)(CC)CC)[C@@]1(C)[C@@H]3OC(C)(C)O[C@@H]3C3=C(C)[C@@H](O)C[C@@](O)([C@@H](OC(=O)c4ccccc4)[C@H]21)C3(C)C. The summed E-state index contributed by atoms with van der Waals surface area (Å²) >= 11 is 0. The first-order valence-electron chi connectivity index (χ1n) is 19.1. The molecule has 3 aliphatic carbocycles. The number of esters is 2. The number of hydrogen-bond donors (Lipinski definition) is 2. The third kappa shape index (κ3) is 5.79. The zero-order chi connectivity index (χ0) is 37.4. The molecule has 2 bridgehead atoms. The standard InChI is InChI=1S/C40H60O10Si/c1-11-18-29(42)47-39-23-45-28(39)21-27(50-51(12-2,13-3)14-4)38(10)32(39)34(46-35(43)25-19-16-15-17-20-25)40(44)22-26(41)24(5)30(36(40,6)7)31-33(38)49-37(8,9)48-31/h15-17,19-20,26-28,31-34,41,44H,11-14,18,21-23H2,1-10H3/t26-,27-,28+,31+,32-,33+,34-,38+,39-,40+/m0/s1. The predicted octanol–water partition coefficient (Wildman–Crippen LogP) is 6.48. The second-order valence-electron chi connectivity index (χ2n) is 16.9. The lowest BCUT2D eigenvalue weighted by Crippen LogP contribution is -2.82. The highest BCUT2D eigenvalue weighted by molar-refractivity contribution is 6.73. The van der Waals surface area contributed by atoms with Crippen LogP contribution in [0.1, 0.15) is 105 Å². The van der Waals surface area contributed by atoms with Gasteiger partial charge in [0.05, 0.1) is 36.4 Å². The van der Waals surface area contributed by atoms with Gasteiger partial charge in [-0.2, -0.15) is 0 Å². The van der Waals surface area contributed by atoms with Crippen molar-refractivity contribution in [3.63, 3.8) is 0 Å². The summed E-state index contributed by atoms with van der Waals surface area (Å²) in [4.78, 5) is 28.0. The molecule has 6 rings (SSSR count). The lowest BCUT2D eigenvalue weighted by atomic mass is 9.44. The van der Waals surface area contributed by atoms with E-state index in [0.29, 0.717) is 24.0 Å². The molecular formula is C40H60O10Si. The van der Waals surface area contributed by atoms with Gasteiger partial charge in [-0.3, -0.25) is 4.79 Å². The maximum absolute atomic E-state index is 14.3. The number of benzene rings is 1. The first-order chi connectivity index (χ1) is 23.9. The molecule has 2 aliphatic heterocycles. The van der Waals surface area contributed by atoms with Crippen molar-refractivity contribution >= 4 is 20.3 Å². The summed E-state index contributed by atoms with van der Waals surface area (Å²) in [6.07, 6.45) is -3.70. The van der Waals surface area contributed by atoms with Crippen molar-refractivity contribution in [3.8, 4) is 0 Å². The van der Waals surface area contributed by atoms with Crippen molar-refractivity contribution in [2.24, 2.45) is 16.7 Å². The minimum absolute atomic E-state index is 0.0554. The number of fused-ring (bicyclic) bond motifs is 8. The van der Waals surface area contributed by atoms with E-state index in [0.717, 1.165) is 23.7 Å². The van der Waals surface area contributed by atoms with Crippen molar-refractivity contribution in [1.29, 1.82) is 0 Å². The van der Waals surface area contributed by atoms with E-state index in [1.807, 2.05) is 47.6 Å². The predicted molar refractivity (Wildman–Crippen MR) is 193 cm³/mol. The van der Waals surface area contributed by atoms with Gasteiger partial charge in [0.25, 0.3) is 0 Å². The monoisotopic (exact) mass is 728 g/mol. The van der Waals surface area contributed by atoms with Crippen LogP contribution in [0.2, 0.25) is 18.1 Å². The maximum atomic E-state index is 14.3. The third-order valence-electron chi connectivity index (χ3n) is 13.7. The number of ether oxygens (including phenoxy) is 5. The van der Waals surface area contributed by atoms with E-state index >= 15 is 0 Å². The van der Waals surface area contributed by atoms with Crippen LogP contribution in [-0.4, -0.2) is 90.7 Å². The van der Waals surface area contributed by atoms with Gasteiger partial charge in [-0.1, -0.05) is 66.7 Å². The Kier molecular flexibility index (Phi) is 10.1. The van der Waals surface area contributed by atoms with Crippen LogP contribution >= 0.6 is 0 Å². The third-order valence-corrected chi connectivity index (χ3v) is 18.3. The second kappa shape index (κ2) is 13.3. The first kappa shape index (κ1) is 38.6. The van der Waals surface area contributed by atoms with Crippen LogP contribution in [0.3, 0.4) is 0 Å². The van der Waals surface area contributed by atoms with Crippen LogP contribution in [0.15, 0.2) is 41.5 Å². The average molecular weight is 729 g/mol. The van der Waals surface area contributed by atoms with Crippen molar-refractivity contribution in [2.75, 3.05) is 6.61 Å². The Bertz CT molecular complexity index is 1510. The molecule has 5 aliphatic rings. The molecule has 10 atom stereocenters. The smallest absolute Gasteiger partial charge is 0.338 e. The van der Waals surface area contributed by atoms with E-state index in [9.17, 15) is 19.8 Å². The molecule has 11 heteroatoms. The summed E-state index contributed by atoms with van der Waals surface area (Å²) in [6.45, 7) is 20.2. The van der Waals surface area contributed by atoms with Crippen LogP contribution in [0.5, 0.6) is 0 Å². The zero-order valence-electron chi connectivity index (χ0n) is 32.2. The topological polar surface area (TPSA) is 130 Å². The highest BCUT2D eigenvalue weighted by Crippen LogP contribution is 2.68. The maximum Gasteiger partial charge on any atom is 0.338 e. The van der Waals surface area contributed by atoms with E-state index in [1.54, 1.807) is 24.3 Å². The van der Waals surface area contributed by atoms with Crippen molar-refractivity contribution in [3.05, 3.63) is 47.0 Å². The van der Waals surface area contributed by atoms with Gasteiger partial charge in [0.1, 0.15) is 23.9 Å². The van der Waals surface area contributed by atoms with E-state index in [4.69, 9.17) is 28.1 Å².